The highest BCUT2D eigenvalue weighted by Crippen LogP contribution is 2.42. The summed E-state index contributed by atoms with van der Waals surface area (Å²) in [6, 6.07) is 11.2. The lowest BCUT2D eigenvalue weighted by atomic mass is 9.95. The predicted octanol–water partition coefficient (Wildman–Crippen LogP) is 4.03. The number of ether oxygens (including phenoxy) is 3. The average molecular weight is 495 g/mol. The summed E-state index contributed by atoms with van der Waals surface area (Å²) in [5.74, 6) is 0.0343. The number of Topliss-reactive ketones (excluding diaryl/α,β-unsaturated/α-hetero) is 1. The Morgan fingerprint density at radius 1 is 1.11 bits per heavy atom. The quantitative estimate of drug-likeness (QED) is 0.206. The van der Waals surface area contributed by atoms with Gasteiger partial charge in [0.25, 0.3) is 11.7 Å². The van der Waals surface area contributed by atoms with Crippen molar-refractivity contribution in [2.45, 2.75) is 19.4 Å². The zero-order chi connectivity index (χ0) is 26.2. The van der Waals surface area contributed by atoms with E-state index in [1.54, 1.807) is 55.7 Å². The van der Waals surface area contributed by atoms with Crippen LogP contribution in [0.15, 0.2) is 60.7 Å². The molecule has 0 spiro atoms. The molecule has 1 heterocycles. The van der Waals surface area contributed by atoms with Gasteiger partial charge < -0.3 is 29.1 Å². The summed E-state index contributed by atoms with van der Waals surface area (Å²) in [5.41, 5.74) is 1.10. The van der Waals surface area contributed by atoms with Crippen LogP contribution in [-0.4, -0.2) is 74.1 Å². The Morgan fingerprint density at radius 3 is 2.44 bits per heavy atom. The smallest absolute Gasteiger partial charge is 0.295 e. The molecule has 0 aromatic heterocycles. The van der Waals surface area contributed by atoms with E-state index in [2.05, 4.69) is 6.58 Å². The van der Waals surface area contributed by atoms with Crippen LogP contribution in [0.1, 0.15) is 30.5 Å². The SMILES string of the molecule is C=CCOc1ccc(C2C(=C(O)c3ccc(OC)cc3)C(=O)C(=O)N2CCCN(C)C)cc1OCC. The van der Waals surface area contributed by atoms with Crippen LogP contribution >= 0.6 is 0 Å². The van der Waals surface area contributed by atoms with Crippen LogP contribution in [-0.2, 0) is 9.59 Å². The predicted molar refractivity (Wildman–Crippen MR) is 138 cm³/mol. The highest BCUT2D eigenvalue weighted by molar-refractivity contribution is 6.46. The third-order valence-corrected chi connectivity index (χ3v) is 5.85. The molecule has 3 rings (SSSR count). The van der Waals surface area contributed by atoms with Gasteiger partial charge in [-0.1, -0.05) is 18.7 Å². The fourth-order valence-electron chi connectivity index (χ4n) is 4.15. The van der Waals surface area contributed by atoms with Crippen LogP contribution in [0.25, 0.3) is 5.76 Å². The molecule has 1 N–H and O–H groups in total. The molecule has 0 aliphatic carbocycles. The molecule has 1 aliphatic rings. The number of aliphatic hydroxyl groups excluding tert-OH is 1. The largest absolute Gasteiger partial charge is 0.507 e. The first-order valence-corrected chi connectivity index (χ1v) is 11.9. The minimum Gasteiger partial charge on any atom is -0.507 e. The molecule has 2 aromatic carbocycles. The minimum absolute atomic E-state index is 0.0391. The van der Waals surface area contributed by atoms with Crippen molar-refractivity contribution >= 4 is 17.4 Å². The first kappa shape index (κ1) is 26.8. The van der Waals surface area contributed by atoms with Gasteiger partial charge in [-0.05, 0) is 75.9 Å². The number of hydrogen-bond donors (Lipinski definition) is 1. The average Bonchev–Trinajstić information content (AvgIpc) is 3.12. The van der Waals surface area contributed by atoms with Gasteiger partial charge in [0, 0.05) is 12.1 Å². The van der Waals surface area contributed by atoms with Gasteiger partial charge in [-0.3, -0.25) is 9.59 Å². The van der Waals surface area contributed by atoms with Crippen molar-refractivity contribution in [3.05, 3.63) is 71.8 Å². The standard InChI is InChI=1S/C28H34N2O6/c1-6-17-36-22-14-11-20(18-23(22)35-7-2)25-24(26(31)19-9-12-21(34-5)13-10-19)27(32)28(33)30(25)16-8-15-29(3)4/h6,9-14,18,25,31H,1,7-8,15-17H2,2-5H3. The van der Waals surface area contributed by atoms with Gasteiger partial charge >= 0.3 is 0 Å². The van der Waals surface area contributed by atoms with E-state index in [4.69, 9.17) is 14.2 Å². The fraction of sp³-hybridized carbons (Fsp3) is 0.357. The molecule has 192 valence electrons. The van der Waals surface area contributed by atoms with Gasteiger partial charge in [-0.25, -0.2) is 0 Å². The highest BCUT2D eigenvalue weighted by Gasteiger charge is 2.46. The molecule has 2 aromatic rings. The summed E-state index contributed by atoms with van der Waals surface area (Å²) in [6.07, 6.45) is 2.30. The number of benzene rings is 2. The summed E-state index contributed by atoms with van der Waals surface area (Å²) in [7, 11) is 5.45. The normalized spacial score (nSPS) is 16.9. The van der Waals surface area contributed by atoms with E-state index in [1.807, 2.05) is 25.9 Å². The zero-order valence-electron chi connectivity index (χ0n) is 21.3. The van der Waals surface area contributed by atoms with Crippen molar-refractivity contribution in [1.82, 2.24) is 9.80 Å². The molecule has 1 unspecified atom stereocenters. The summed E-state index contributed by atoms with van der Waals surface area (Å²) in [4.78, 5) is 29.9. The van der Waals surface area contributed by atoms with Crippen molar-refractivity contribution < 1.29 is 28.9 Å². The maximum Gasteiger partial charge on any atom is 0.295 e. The zero-order valence-corrected chi connectivity index (χ0v) is 21.3. The second-order valence-electron chi connectivity index (χ2n) is 8.62. The second kappa shape index (κ2) is 12.3. The van der Waals surface area contributed by atoms with E-state index in [9.17, 15) is 14.7 Å². The summed E-state index contributed by atoms with van der Waals surface area (Å²) < 4.78 is 16.7. The molecule has 8 nitrogen and oxygen atoms in total. The molecular weight excluding hydrogens is 460 g/mol. The van der Waals surface area contributed by atoms with Crippen LogP contribution in [0.4, 0.5) is 0 Å². The monoisotopic (exact) mass is 494 g/mol. The lowest BCUT2D eigenvalue weighted by molar-refractivity contribution is -0.139. The molecular formula is C28H34N2O6. The second-order valence-corrected chi connectivity index (χ2v) is 8.62. The molecule has 0 saturated carbocycles. The van der Waals surface area contributed by atoms with Crippen molar-refractivity contribution in [3.63, 3.8) is 0 Å². The molecule has 8 heteroatoms. The van der Waals surface area contributed by atoms with E-state index in [0.717, 1.165) is 6.54 Å². The number of aliphatic hydroxyl groups is 1. The number of amides is 1. The Balaban J connectivity index is 2.12. The van der Waals surface area contributed by atoms with Gasteiger partial charge in [0.05, 0.1) is 25.3 Å². The molecule has 1 aliphatic heterocycles. The van der Waals surface area contributed by atoms with Crippen LogP contribution in [0.5, 0.6) is 17.2 Å². The van der Waals surface area contributed by atoms with Gasteiger partial charge in [-0.2, -0.15) is 0 Å². The lowest BCUT2D eigenvalue weighted by Gasteiger charge is -2.26. The minimum atomic E-state index is -0.776. The molecule has 0 radical (unpaired) electrons. The van der Waals surface area contributed by atoms with E-state index in [1.165, 1.54) is 4.90 Å². The fourth-order valence-corrected chi connectivity index (χ4v) is 4.15. The molecule has 1 fully saturated rings. The first-order valence-electron chi connectivity index (χ1n) is 11.9. The van der Waals surface area contributed by atoms with Crippen LogP contribution in [0.3, 0.4) is 0 Å². The number of carbonyl (C=O) groups excluding carboxylic acids is 2. The Labute approximate surface area is 212 Å². The van der Waals surface area contributed by atoms with Crippen molar-refractivity contribution in [2.24, 2.45) is 0 Å². The third kappa shape index (κ3) is 5.88. The lowest BCUT2D eigenvalue weighted by Crippen LogP contribution is -2.32. The van der Waals surface area contributed by atoms with E-state index in [-0.39, 0.29) is 11.3 Å². The molecule has 0 bridgehead atoms. The Bertz CT molecular complexity index is 1120. The van der Waals surface area contributed by atoms with Crippen LogP contribution < -0.4 is 14.2 Å². The van der Waals surface area contributed by atoms with Crippen molar-refractivity contribution in [2.75, 3.05) is 47.5 Å². The van der Waals surface area contributed by atoms with Gasteiger partial charge in [0.15, 0.2) is 11.5 Å². The topological polar surface area (TPSA) is 88.5 Å². The number of carbonyl (C=O) groups is 2. The maximum atomic E-state index is 13.2. The summed E-state index contributed by atoms with van der Waals surface area (Å²) in [6.45, 7) is 7.34. The highest BCUT2D eigenvalue weighted by atomic mass is 16.5. The number of nitrogens with zero attached hydrogens (tertiary/aromatic N) is 2. The van der Waals surface area contributed by atoms with E-state index in [0.29, 0.717) is 54.6 Å². The summed E-state index contributed by atoms with van der Waals surface area (Å²) in [5, 5.41) is 11.2. The Kier molecular flexibility index (Phi) is 9.13. The number of methoxy groups -OCH3 is 1. The van der Waals surface area contributed by atoms with Gasteiger partial charge in [0.2, 0.25) is 0 Å². The Morgan fingerprint density at radius 2 is 1.83 bits per heavy atom. The van der Waals surface area contributed by atoms with Crippen LogP contribution in [0.2, 0.25) is 0 Å². The van der Waals surface area contributed by atoms with Crippen molar-refractivity contribution in [3.8, 4) is 17.2 Å². The third-order valence-electron chi connectivity index (χ3n) is 5.85. The van der Waals surface area contributed by atoms with Gasteiger partial charge in [-0.15, -0.1) is 0 Å². The molecule has 36 heavy (non-hydrogen) atoms. The first-order chi connectivity index (χ1) is 17.3. The summed E-state index contributed by atoms with van der Waals surface area (Å²) >= 11 is 0. The van der Waals surface area contributed by atoms with E-state index < -0.39 is 17.7 Å². The number of likely N-dealkylation sites (tertiary alicyclic amines) is 1. The maximum absolute atomic E-state index is 13.2. The molecule has 1 saturated heterocycles. The van der Waals surface area contributed by atoms with Crippen LogP contribution in [0, 0.1) is 0 Å². The molecule has 1 amide bonds. The number of rotatable bonds is 12. The number of hydrogen-bond acceptors (Lipinski definition) is 7. The van der Waals surface area contributed by atoms with Gasteiger partial charge in [0.1, 0.15) is 18.1 Å². The Hall–Kier alpha value is -3.78. The number of ketones is 1. The van der Waals surface area contributed by atoms with Crippen molar-refractivity contribution in [1.29, 1.82) is 0 Å². The molecule has 1 atom stereocenters. The van der Waals surface area contributed by atoms with E-state index >= 15 is 0 Å².